The molecule has 0 aliphatic carbocycles. The normalized spacial score (nSPS) is 7.20. The van der Waals surface area contributed by atoms with Crippen LogP contribution < -0.4 is 10.2 Å². The maximum Gasteiger partial charge on any atom is 0.175 e. The molecule has 1 aromatic rings. The number of nitrogen functional groups attached to an aromatic ring is 1. The molecule has 4 heteroatoms. The van der Waals surface area contributed by atoms with Crippen molar-refractivity contribution in [1.29, 1.82) is 0 Å². The van der Waals surface area contributed by atoms with E-state index in [4.69, 9.17) is 5.73 Å². The molecule has 54 valence electrons. The first kappa shape index (κ1) is 12.2. The highest BCUT2D eigenvalue weighted by atomic mass is 27.0. The Morgan fingerprint density at radius 3 is 2.10 bits per heavy atom. The molecule has 0 aliphatic heterocycles. The third-order valence-electron chi connectivity index (χ3n) is 0.911. The van der Waals surface area contributed by atoms with Crippen LogP contribution in [0.25, 0.3) is 0 Å². The summed E-state index contributed by atoms with van der Waals surface area (Å²) >= 11 is 2.58. The zero-order chi connectivity index (χ0) is 5.98. The zero-order valence-corrected chi connectivity index (χ0v) is 6.62. The van der Waals surface area contributed by atoms with Gasteiger partial charge in [0.1, 0.15) is 0 Å². The molecule has 0 heterocycles. The second kappa shape index (κ2) is 5.27. The molecule has 1 aromatic carbocycles. The van der Waals surface area contributed by atoms with Crippen LogP contribution in [0.5, 0.6) is 0 Å². The van der Waals surface area contributed by atoms with Gasteiger partial charge in [-0.3, -0.25) is 0 Å². The molecule has 1 rings (SSSR count). The first-order chi connectivity index (χ1) is 3.79. The van der Waals surface area contributed by atoms with E-state index in [1.54, 1.807) is 0 Å². The van der Waals surface area contributed by atoms with E-state index >= 15 is 0 Å². The fraction of sp³-hybridized carbons (Fsp3) is 0. The molecule has 0 spiro atoms. The molecule has 10 heavy (non-hydrogen) atoms. The minimum Gasteiger partial charge on any atom is -0.412 e. The Bertz CT molecular complexity index is 176. The molecule has 0 amide bonds. The van der Waals surface area contributed by atoms with Gasteiger partial charge in [0.25, 0.3) is 0 Å². The van der Waals surface area contributed by atoms with Gasteiger partial charge < -0.3 is 16.7 Å². The van der Waals surface area contributed by atoms with Crippen LogP contribution in [0.4, 0.5) is 5.69 Å². The smallest absolute Gasteiger partial charge is 0.175 e. The van der Waals surface area contributed by atoms with Crippen molar-refractivity contribution in [3.63, 3.8) is 0 Å². The van der Waals surface area contributed by atoms with Gasteiger partial charge in [0.2, 0.25) is 0 Å². The van der Waals surface area contributed by atoms with Crippen LogP contribution in [0.15, 0.2) is 24.3 Å². The first-order valence-corrected chi connectivity index (χ1v) is 2.98. The van der Waals surface area contributed by atoms with E-state index in [9.17, 15) is 0 Å². The number of rotatable bonds is 0. The lowest BCUT2D eigenvalue weighted by Crippen LogP contribution is -2.01. The maximum absolute atomic E-state index is 5.45. The second-order valence-corrected chi connectivity index (χ2v) is 2.34. The van der Waals surface area contributed by atoms with E-state index < -0.39 is 0 Å². The van der Waals surface area contributed by atoms with Crippen LogP contribution in [0.3, 0.4) is 0 Å². The topological polar surface area (TPSA) is 89.0 Å². The summed E-state index contributed by atoms with van der Waals surface area (Å²) in [5.74, 6) is 0. The standard InChI is InChI=1S/C6H6N.Al.2H2O/c7-6-4-2-1-3-5-6;;;/h1-2,4-5H,7H2;;2*1H2. The monoisotopic (exact) mass is 155 g/mol. The Kier molecular flexibility index (Phi) is 6.42. The van der Waals surface area contributed by atoms with E-state index in [1.165, 1.54) is 0 Å². The Labute approximate surface area is 67.9 Å². The minimum atomic E-state index is 0. The molecular formula is C6H10AlNO2. The SMILES string of the molecule is Nc1ccc[c]([Al])c1.O.O. The summed E-state index contributed by atoms with van der Waals surface area (Å²) in [6.45, 7) is 0. The van der Waals surface area contributed by atoms with E-state index in [0.717, 1.165) is 10.1 Å². The van der Waals surface area contributed by atoms with Gasteiger partial charge >= 0.3 is 0 Å². The van der Waals surface area contributed by atoms with Crippen molar-refractivity contribution in [1.82, 2.24) is 0 Å². The molecule has 0 aliphatic rings. The van der Waals surface area contributed by atoms with Crippen molar-refractivity contribution in [2.75, 3.05) is 5.73 Å². The Balaban J connectivity index is 0. The van der Waals surface area contributed by atoms with Gasteiger partial charge in [-0.05, 0) is 6.07 Å². The lowest BCUT2D eigenvalue weighted by atomic mass is 10.3. The quantitative estimate of drug-likeness (QED) is 0.355. The molecule has 0 bridgehead atoms. The predicted octanol–water partition coefficient (Wildman–Crippen LogP) is -1.59. The van der Waals surface area contributed by atoms with Crippen LogP contribution in [-0.4, -0.2) is 27.2 Å². The summed E-state index contributed by atoms with van der Waals surface area (Å²) < 4.78 is 1.13. The Morgan fingerprint density at radius 2 is 1.80 bits per heavy atom. The fourth-order valence-electron chi connectivity index (χ4n) is 0.559. The van der Waals surface area contributed by atoms with Crippen LogP contribution in [0, 0.1) is 0 Å². The summed E-state index contributed by atoms with van der Waals surface area (Å²) in [5, 5.41) is 0. The van der Waals surface area contributed by atoms with Crippen LogP contribution in [-0.2, 0) is 0 Å². The number of nitrogens with two attached hydrogens (primary N) is 1. The number of benzene rings is 1. The summed E-state index contributed by atoms with van der Waals surface area (Å²) in [6.07, 6.45) is 0. The maximum atomic E-state index is 5.45. The van der Waals surface area contributed by atoms with Crippen LogP contribution in [0.2, 0.25) is 0 Å². The molecule has 0 atom stereocenters. The van der Waals surface area contributed by atoms with Crippen molar-refractivity contribution >= 4 is 26.4 Å². The van der Waals surface area contributed by atoms with Crippen molar-refractivity contribution in [3.8, 4) is 0 Å². The number of anilines is 1. The molecule has 0 fully saturated rings. The van der Waals surface area contributed by atoms with Gasteiger partial charge in [-0.15, -0.1) is 4.43 Å². The highest BCUT2D eigenvalue weighted by molar-refractivity contribution is 6.32. The molecule has 0 unspecified atom stereocenters. The van der Waals surface area contributed by atoms with Crippen molar-refractivity contribution in [2.45, 2.75) is 0 Å². The summed E-state index contributed by atoms with van der Waals surface area (Å²) in [6, 6.07) is 7.69. The zero-order valence-electron chi connectivity index (χ0n) is 5.46. The summed E-state index contributed by atoms with van der Waals surface area (Å²) in [5.41, 5.74) is 6.26. The van der Waals surface area contributed by atoms with Crippen LogP contribution >= 0.6 is 0 Å². The van der Waals surface area contributed by atoms with Crippen molar-refractivity contribution < 1.29 is 11.0 Å². The Hall–Kier alpha value is -0.528. The summed E-state index contributed by atoms with van der Waals surface area (Å²) in [4.78, 5) is 0. The average molecular weight is 155 g/mol. The van der Waals surface area contributed by atoms with Gasteiger partial charge in [0.15, 0.2) is 16.3 Å². The van der Waals surface area contributed by atoms with Crippen LogP contribution in [0.1, 0.15) is 0 Å². The van der Waals surface area contributed by atoms with E-state index in [-0.39, 0.29) is 11.0 Å². The minimum absolute atomic E-state index is 0. The van der Waals surface area contributed by atoms with Gasteiger partial charge in [-0.1, -0.05) is 18.2 Å². The Morgan fingerprint density at radius 1 is 1.20 bits per heavy atom. The number of hydrogen-bond donors (Lipinski definition) is 1. The molecule has 2 radical (unpaired) electrons. The highest BCUT2D eigenvalue weighted by Gasteiger charge is 1.80. The number of hydrogen-bond acceptors (Lipinski definition) is 1. The molecular weight excluding hydrogens is 145 g/mol. The molecule has 0 aromatic heterocycles. The van der Waals surface area contributed by atoms with Gasteiger partial charge in [-0.2, -0.15) is 0 Å². The molecule has 0 saturated heterocycles. The lowest BCUT2D eigenvalue weighted by molar-refractivity contribution is 0.823. The largest absolute Gasteiger partial charge is 0.412 e. The summed E-state index contributed by atoms with van der Waals surface area (Å²) in [7, 11) is 0. The first-order valence-electron chi connectivity index (χ1n) is 2.40. The third kappa shape index (κ3) is 3.49. The van der Waals surface area contributed by atoms with E-state index in [0.29, 0.717) is 0 Å². The third-order valence-corrected chi connectivity index (χ3v) is 1.27. The highest BCUT2D eigenvalue weighted by Crippen LogP contribution is 1.93. The molecule has 3 nitrogen and oxygen atoms in total. The average Bonchev–Trinajstić information content (AvgIpc) is 1.64. The van der Waals surface area contributed by atoms with Crippen molar-refractivity contribution in [2.24, 2.45) is 0 Å². The van der Waals surface area contributed by atoms with Gasteiger partial charge in [0.05, 0.1) is 0 Å². The predicted molar refractivity (Wildman–Crippen MR) is 43.5 cm³/mol. The lowest BCUT2D eigenvalue weighted by Gasteiger charge is -1.92. The fourth-order valence-corrected chi connectivity index (χ4v) is 0.863. The van der Waals surface area contributed by atoms with E-state index in [1.807, 2.05) is 24.3 Å². The molecule has 0 saturated carbocycles. The van der Waals surface area contributed by atoms with Gasteiger partial charge in [0, 0.05) is 5.69 Å². The second-order valence-electron chi connectivity index (χ2n) is 1.67. The van der Waals surface area contributed by atoms with Gasteiger partial charge in [-0.25, -0.2) is 0 Å². The van der Waals surface area contributed by atoms with E-state index in [2.05, 4.69) is 16.3 Å². The molecule has 6 N–H and O–H groups in total. The van der Waals surface area contributed by atoms with Crippen molar-refractivity contribution in [3.05, 3.63) is 24.3 Å².